The molecule has 2 aliphatic heterocycles. The number of furan rings is 2. The van der Waals surface area contributed by atoms with Gasteiger partial charge in [0.25, 0.3) is 6.71 Å². The molecule has 0 spiro atoms. The van der Waals surface area contributed by atoms with E-state index in [1.165, 1.54) is 55.2 Å². The van der Waals surface area contributed by atoms with Crippen molar-refractivity contribution in [2.24, 2.45) is 0 Å². The molecular formula is C72H56BN3O2. The molecule has 2 aromatic heterocycles. The third kappa shape index (κ3) is 7.09. The Bertz CT molecular complexity index is 4490. The van der Waals surface area contributed by atoms with Gasteiger partial charge in [-0.1, -0.05) is 175 Å². The highest BCUT2D eigenvalue weighted by atomic mass is 16.3. The Morgan fingerprint density at radius 1 is 0.397 bits per heavy atom. The van der Waals surface area contributed by atoms with Crippen molar-refractivity contribution in [3.05, 3.63) is 242 Å². The Morgan fingerprint density at radius 2 is 0.923 bits per heavy atom. The second-order valence-corrected chi connectivity index (χ2v) is 23.4. The number of para-hydroxylation sites is 3. The van der Waals surface area contributed by atoms with Crippen LogP contribution in [0.5, 0.6) is 0 Å². The molecule has 2 aliphatic rings. The Hall–Kier alpha value is -9.26. The summed E-state index contributed by atoms with van der Waals surface area (Å²) in [6.07, 6.45) is 3.77. The fourth-order valence-corrected chi connectivity index (χ4v) is 12.8. The molecule has 0 atom stereocenters. The molecule has 13 aromatic rings. The van der Waals surface area contributed by atoms with Gasteiger partial charge in [0.2, 0.25) is 0 Å². The summed E-state index contributed by atoms with van der Waals surface area (Å²) in [5.41, 5.74) is 20.5. The van der Waals surface area contributed by atoms with Crippen molar-refractivity contribution in [3.63, 3.8) is 0 Å². The molecule has 0 saturated heterocycles. The van der Waals surface area contributed by atoms with Crippen molar-refractivity contribution in [1.82, 2.24) is 0 Å². The lowest BCUT2D eigenvalue weighted by Crippen LogP contribution is -2.61. The van der Waals surface area contributed by atoms with Crippen molar-refractivity contribution in [3.8, 4) is 11.1 Å². The SMILES string of the molecule is CC(C)(C)c1ccc(N(c2ccc3c(c2)N(c2ccccc2)c2cc(C(C)(C)C)cc4c2B3c2cc3cocc3cc2N4c2ccccc2)c2c3ccccc3c(-c3ccc4oc5ccccc5c4c3)c3ccccc23)cc1. The van der Waals surface area contributed by atoms with E-state index < -0.39 is 0 Å². The van der Waals surface area contributed by atoms with Crippen LogP contribution in [0, 0.1) is 0 Å². The van der Waals surface area contributed by atoms with E-state index in [9.17, 15) is 0 Å². The second-order valence-electron chi connectivity index (χ2n) is 23.4. The van der Waals surface area contributed by atoms with E-state index in [-0.39, 0.29) is 17.5 Å². The van der Waals surface area contributed by atoms with Crippen LogP contribution in [0.1, 0.15) is 52.7 Å². The minimum atomic E-state index is -0.162. The standard InChI is InChI=1S/C72H56BN3O2/c1-71(2,3)48-30-32-52(33-31-48)74(70-57-26-15-13-24-55(57)68(56-25-14-16-27-58(56)70)45-29-36-67-59(37-45)54-23-17-18-28-66(54)78-67)53-34-35-60-63(42-53)76(51-21-11-8-12-22-51)65-41-49(72(4,5)6)40-64-69(65)73(60)61-38-46-43-77-44-47(46)39-62(61)75(64)50-19-9-7-10-20-50/h7-44H,1-6H3. The van der Waals surface area contributed by atoms with Crippen LogP contribution >= 0.6 is 0 Å². The van der Waals surface area contributed by atoms with Crippen molar-refractivity contribution < 1.29 is 8.83 Å². The fourth-order valence-electron chi connectivity index (χ4n) is 12.8. The Labute approximate surface area is 455 Å². The van der Waals surface area contributed by atoms with E-state index in [2.05, 4.69) is 269 Å². The van der Waals surface area contributed by atoms with Gasteiger partial charge in [-0.3, -0.25) is 0 Å². The summed E-state index contributed by atoms with van der Waals surface area (Å²) >= 11 is 0. The van der Waals surface area contributed by atoms with E-state index in [4.69, 9.17) is 8.83 Å². The molecule has 11 aromatic carbocycles. The summed E-state index contributed by atoms with van der Waals surface area (Å²) in [6.45, 7) is 13.8. The number of rotatable bonds is 6. The molecule has 374 valence electrons. The van der Waals surface area contributed by atoms with Crippen LogP contribution in [0.2, 0.25) is 0 Å². The van der Waals surface area contributed by atoms with Gasteiger partial charge in [0.05, 0.1) is 18.2 Å². The van der Waals surface area contributed by atoms with Crippen LogP contribution in [-0.2, 0) is 10.8 Å². The molecule has 4 heterocycles. The van der Waals surface area contributed by atoms with Crippen molar-refractivity contribution in [2.75, 3.05) is 14.7 Å². The highest BCUT2D eigenvalue weighted by molar-refractivity contribution is 7.00. The first-order valence-electron chi connectivity index (χ1n) is 27.2. The minimum Gasteiger partial charge on any atom is -0.471 e. The Balaban J connectivity index is 1.02. The fraction of sp³-hybridized carbons (Fsp3) is 0.111. The maximum atomic E-state index is 6.37. The number of hydrogen-bond acceptors (Lipinski definition) is 5. The van der Waals surface area contributed by atoms with Gasteiger partial charge in [-0.15, -0.1) is 0 Å². The summed E-state index contributed by atoms with van der Waals surface area (Å²) in [5, 5.41) is 9.10. The maximum Gasteiger partial charge on any atom is 0.252 e. The molecule has 15 rings (SSSR count). The average molecular weight is 1010 g/mol. The summed E-state index contributed by atoms with van der Waals surface area (Å²) in [7, 11) is 0. The van der Waals surface area contributed by atoms with E-state index in [0.29, 0.717) is 0 Å². The lowest BCUT2D eigenvalue weighted by molar-refractivity contribution is 0.572. The van der Waals surface area contributed by atoms with Gasteiger partial charge in [0.15, 0.2) is 0 Å². The van der Waals surface area contributed by atoms with Gasteiger partial charge in [-0.25, -0.2) is 0 Å². The Morgan fingerprint density at radius 3 is 1.54 bits per heavy atom. The van der Waals surface area contributed by atoms with Crippen molar-refractivity contribution in [2.45, 2.75) is 52.4 Å². The van der Waals surface area contributed by atoms with Crippen LogP contribution in [0.25, 0.3) is 65.4 Å². The molecule has 0 bridgehead atoms. The third-order valence-corrected chi connectivity index (χ3v) is 16.6. The molecule has 0 amide bonds. The Kier molecular flexibility index (Phi) is 10.1. The first-order chi connectivity index (χ1) is 38.0. The first kappa shape index (κ1) is 46.1. The van der Waals surface area contributed by atoms with Gasteiger partial charge in [-0.2, -0.15) is 0 Å². The third-order valence-electron chi connectivity index (χ3n) is 16.6. The van der Waals surface area contributed by atoms with Crippen LogP contribution in [0.3, 0.4) is 0 Å². The molecule has 6 heteroatoms. The van der Waals surface area contributed by atoms with Crippen LogP contribution < -0.4 is 31.1 Å². The molecule has 0 fully saturated rings. The summed E-state index contributed by atoms with van der Waals surface area (Å²) in [6, 6.07) is 81.2. The summed E-state index contributed by atoms with van der Waals surface area (Å²) < 4.78 is 12.3. The molecule has 0 aliphatic carbocycles. The quantitative estimate of drug-likeness (QED) is 0.123. The molecule has 78 heavy (non-hydrogen) atoms. The van der Waals surface area contributed by atoms with Crippen LogP contribution in [-0.4, -0.2) is 6.71 Å². The molecule has 0 radical (unpaired) electrons. The number of nitrogens with zero attached hydrogens (tertiary/aromatic N) is 3. The van der Waals surface area contributed by atoms with Gasteiger partial charge < -0.3 is 23.5 Å². The number of fused-ring (bicyclic) bond motifs is 10. The molecule has 5 nitrogen and oxygen atoms in total. The molecular weight excluding hydrogens is 950 g/mol. The predicted molar refractivity (Wildman–Crippen MR) is 330 cm³/mol. The number of hydrogen-bond donors (Lipinski definition) is 0. The number of anilines is 9. The van der Waals surface area contributed by atoms with Gasteiger partial charge in [-0.05, 0) is 145 Å². The van der Waals surface area contributed by atoms with E-state index in [0.717, 1.165) is 88.9 Å². The van der Waals surface area contributed by atoms with Crippen molar-refractivity contribution in [1.29, 1.82) is 0 Å². The lowest BCUT2D eigenvalue weighted by atomic mass is 9.33. The molecule has 0 unspecified atom stereocenters. The van der Waals surface area contributed by atoms with Gasteiger partial charge in [0.1, 0.15) is 11.2 Å². The largest absolute Gasteiger partial charge is 0.471 e. The van der Waals surface area contributed by atoms with Crippen LogP contribution in [0.15, 0.2) is 240 Å². The minimum absolute atomic E-state index is 0.0274. The monoisotopic (exact) mass is 1010 g/mol. The van der Waals surface area contributed by atoms with E-state index in [1.54, 1.807) is 0 Å². The lowest BCUT2D eigenvalue weighted by Gasteiger charge is -2.45. The number of benzene rings is 11. The van der Waals surface area contributed by atoms with E-state index in [1.807, 2.05) is 18.6 Å². The summed E-state index contributed by atoms with van der Waals surface area (Å²) in [4.78, 5) is 7.57. The smallest absolute Gasteiger partial charge is 0.252 e. The zero-order valence-corrected chi connectivity index (χ0v) is 44.7. The average Bonchev–Trinajstić information content (AvgIpc) is 2.85. The predicted octanol–water partition coefficient (Wildman–Crippen LogP) is 18.5. The topological polar surface area (TPSA) is 36.0 Å². The van der Waals surface area contributed by atoms with Gasteiger partial charge >= 0.3 is 0 Å². The normalized spacial score (nSPS) is 13.2. The zero-order chi connectivity index (χ0) is 52.6. The maximum absolute atomic E-state index is 6.37. The van der Waals surface area contributed by atoms with E-state index >= 15 is 0 Å². The molecule has 0 saturated carbocycles. The first-order valence-corrected chi connectivity index (χ1v) is 27.2. The highest BCUT2D eigenvalue weighted by Gasteiger charge is 2.45. The zero-order valence-electron chi connectivity index (χ0n) is 44.7. The molecule has 0 N–H and O–H groups in total. The second kappa shape index (κ2) is 17.1. The van der Waals surface area contributed by atoms with Crippen molar-refractivity contribution >= 4 is 129 Å². The summed E-state index contributed by atoms with van der Waals surface area (Å²) in [5.74, 6) is 0. The van der Waals surface area contributed by atoms with Gasteiger partial charge in [0, 0.05) is 77.8 Å². The highest BCUT2D eigenvalue weighted by Crippen LogP contribution is 2.52. The van der Waals surface area contributed by atoms with Crippen LogP contribution in [0.4, 0.5) is 51.2 Å².